The zero-order valence-electron chi connectivity index (χ0n) is 46.0. The zero-order valence-corrected chi connectivity index (χ0v) is 46.0. The molecular weight excluding hydrogens is 829 g/mol. The Balaban J connectivity index is 4.14. The summed E-state index contributed by atoms with van der Waals surface area (Å²) in [5, 5.41) is 0. The average molecular weight is 948 g/mol. The number of rotatable bonds is 55. The number of ether oxygens (including phenoxy) is 3. The number of unbranched alkanes of at least 4 members (excludes halogenated alkanes) is 39. The van der Waals surface area contributed by atoms with Crippen molar-refractivity contribution in [3.63, 3.8) is 0 Å². The molecule has 398 valence electrons. The van der Waals surface area contributed by atoms with E-state index in [-0.39, 0.29) is 31.1 Å². The Kier molecular flexibility index (Phi) is 52.5. The van der Waals surface area contributed by atoms with E-state index in [1.165, 1.54) is 231 Å². The van der Waals surface area contributed by atoms with E-state index < -0.39 is 6.10 Å². The van der Waals surface area contributed by atoms with Crippen molar-refractivity contribution in [2.45, 2.75) is 349 Å². The van der Waals surface area contributed by atoms with E-state index in [4.69, 9.17) is 14.2 Å². The standard InChI is InChI=1S/C61H118O6/c1-6-8-9-10-11-29-38-43-48-53-61(64)67-58(55-66-60(63)52-47-42-37-33-28-24-20-16-17-21-25-30-34-39-44-49-56(3)4)54-65-59(62)51-46-41-36-32-27-23-19-15-13-12-14-18-22-26-31-35-40-45-50-57(5)7-2/h56-58H,6-55H2,1-5H3/t57?,58-/m0/s1. The Morgan fingerprint density at radius 1 is 0.313 bits per heavy atom. The molecule has 0 aromatic heterocycles. The van der Waals surface area contributed by atoms with Gasteiger partial charge in [-0.15, -0.1) is 0 Å². The summed E-state index contributed by atoms with van der Waals surface area (Å²) >= 11 is 0. The van der Waals surface area contributed by atoms with Crippen LogP contribution >= 0.6 is 0 Å². The van der Waals surface area contributed by atoms with Gasteiger partial charge in [-0.25, -0.2) is 0 Å². The molecule has 2 atom stereocenters. The van der Waals surface area contributed by atoms with Gasteiger partial charge in [0.2, 0.25) is 0 Å². The van der Waals surface area contributed by atoms with Gasteiger partial charge in [-0.2, -0.15) is 0 Å². The van der Waals surface area contributed by atoms with Gasteiger partial charge in [0.05, 0.1) is 0 Å². The second-order valence-electron chi connectivity index (χ2n) is 21.7. The molecule has 0 spiro atoms. The molecule has 0 aliphatic heterocycles. The molecule has 6 nitrogen and oxygen atoms in total. The van der Waals surface area contributed by atoms with Crippen molar-refractivity contribution in [3.8, 4) is 0 Å². The predicted molar refractivity (Wildman–Crippen MR) is 289 cm³/mol. The molecule has 0 aliphatic rings. The Morgan fingerprint density at radius 2 is 0.567 bits per heavy atom. The van der Waals surface area contributed by atoms with Crippen molar-refractivity contribution in [1.29, 1.82) is 0 Å². The van der Waals surface area contributed by atoms with Gasteiger partial charge in [-0.05, 0) is 31.1 Å². The molecule has 0 aromatic carbocycles. The highest BCUT2D eigenvalue weighted by molar-refractivity contribution is 5.71. The van der Waals surface area contributed by atoms with Gasteiger partial charge in [-0.1, -0.05) is 304 Å². The van der Waals surface area contributed by atoms with Crippen LogP contribution in [0.2, 0.25) is 0 Å². The molecule has 0 aromatic rings. The van der Waals surface area contributed by atoms with E-state index in [9.17, 15) is 14.4 Å². The SMILES string of the molecule is CCCCCCCCCCCC(=O)O[C@@H](COC(=O)CCCCCCCCCCCCCCCCCCCCC(C)CC)COC(=O)CCCCCCCCCCCCCCCCCC(C)C. The molecular formula is C61H118O6. The minimum Gasteiger partial charge on any atom is -0.462 e. The molecule has 0 aliphatic carbocycles. The van der Waals surface area contributed by atoms with Crippen LogP contribution in [0, 0.1) is 11.8 Å². The maximum Gasteiger partial charge on any atom is 0.306 e. The Labute approximate surface area is 418 Å². The Hall–Kier alpha value is -1.59. The highest BCUT2D eigenvalue weighted by atomic mass is 16.6. The lowest BCUT2D eigenvalue weighted by Gasteiger charge is -2.18. The summed E-state index contributed by atoms with van der Waals surface area (Å²) in [4.78, 5) is 38.1. The predicted octanol–water partition coefficient (Wildman–Crippen LogP) is 20.0. The second-order valence-corrected chi connectivity index (χ2v) is 21.7. The van der Waals surface area contributed by atoms with Crippen molar-refractivity contribution in [1.82, 2.24) is 0 Å². The first-order valence-electron chi connectivity index (χ1n) is 30.3. The van der Waals surface area contributed by atoms with Crippen molar-refractivity contribution >= 4 is 17.9 Å². The lowest BCUT2D eigenvalue weighted by Crippen LogP contribution is -2.30. The summed E-state index contributed by atoms with van der Waals surface area (Å²) in [5.74, 6) is 0.920. The topological polar surface area (TPSA) is 78.9 Å². The summed E-state index contributed by atoms with van der Waals surface area (Å²) < 4.78 is 16.9. The molecule has 0 amide bonds. The molecule has 0 fully saturated rings. The van der Waals surface area contributed by atoms with Gasteiger partial charge in [0.25, 0.3) is 0 Å². The normalized spacial score (nSPS) is 12.4. The van der Waals surface area contributed by atoms with Crippen LogP contribution in [0.3, 0.4) is 0 Å². The lowest BCUT2D eigenvalue weighted by atomic mass is 9.99. The zero-order chi connectivity index (χ0) is 48.9. The third-order valence-corrected chi connectivity index (χ3v) is 14.3. The fourth-order valence-corrected chi connectivity index (χ4v) is 9.37. The van der Waals surface area contributed by atoms with Crippen molar-refractivity contribution in [2.24, 2.45) is 11.8 Å². The van der Waals surface area contributed by atoms with Crippen LogP contribution in [0.25, 0.3) is 0 Å². The van der Waals surface area contributed by atoms with Crippen LogP contribution in [0.5, 0.6) is 0 Å². The van der Waals surface area contributed by atoms with E-state index in [0.29, 0.717) is 19.3 Å². The van der Waals surface area contributed by atoms with Gasteiger partial charge in [0.1, 0.15) is 13.2 Å². The van der Waals surface area contributed by atoms with E-state index in [2.05, 4.69) is 34.6 Å². The van der Waals surface area contributed by atoms with Gasteiger partial charge in [-0.3, -0.25) is 14.4 Å². The van der Waals surface area contributed by atoms with E-state index in [0.717, 1.165) is 69.6 Å². The third-order valence-electron chi connectivity index (χ3n) is 14.3. The monoisotopic (exact) mass is 947 g/mol. The van der Waals surface area contributed by atoms with Gasteiger partial charge >= 0.3 is 17.9 Å². The summed E-state index contributed by atoms with van der Waals surface area (Å²) in [7, 11) is 0. The highest BCUT2D eigenvalue weighted by Gasteiger charge is 2.19. The van der Waals surface area contributed by atoms with Crippen LogP contribution < -0.4 is 0 Å². The Bertz CT molecular complexity index is 1030. The van der Waals surface area contributed by atoms with Gasteiger partial charge in [0.15, 0.2) is 6.10 Å². The molecule has 0 saturated heterocycles. The first-order valence-corrected chi connectivity index (χ1v) is 30.3. The number of hydrogen-bond acceptors (Lipinski definition) is 6. The van der Waals surface area contributed by atoms with Crippen LogP contribution in [0.1, 0.15) is 343 Å². The first-order chi connectivity index (χ1) is 32.8. The van der Waals surface area contributed by atoms with Gasteiger partial charge in [0, 0.05) is 19.3 Å². The molecule has 67 heavy (non-hydrogen) atoms. The number of carbonyl (C=O) groups excluding carboxylic acids is 3. The largest absolute Gasteiger partial charge is 0.462 e. The fourth-order valence-electron chi connectivity index (χ4n) is 9.37. The highest BCUT2D eigenvalue weighted by Crippen LogP contribution is 2.19. The minimum atomic E-state index is -0.762. The van der Waals surface area contributed by atoms with Gasteiger partial charge < -0.3 is 14.2 Å². The van der Waals surface area contributed by atoms with Crippen LogP contribution in [0.15, 0.2) is 0 Å². The lowest BCUT2D eigenvalue weighted by molar-refractivity contribution is -0.167. The maximum atomic E-state index is 12.8. The summed E-state index contributed by atoms with van der Waals surface area (Å²) in [6, 6.07) is 0. The fraction of sp³-hybridized carbons (Fsp3) is 0.951. The Morgan fingerprint density at radius 3 is 0.851 bits per heavy atom. The molecule has 0 saturated carbocycles. The molecule has 0 bridgehead atoms. The van der Waals surface area contributed by atoms with Crippen molar-refractivity contribution in [3.05, 3.63) is 0 Å². The van der Waals surface area contributed by atoms with Crippen LogP contribution in [0.4, 0.5) is 0 Å². The van der Waals surface area contributed by atoms with Crippen molar-refractivity contribution < 1.29 is 28.6 Å². The van der Waals surface area contributed by atoms with Crippen LogP contribution in [-0.4, -0.2) is 37.2 Å². The second kappa shape index (κ2) is 53.8. The smallest absolute Gasteiger partial charge is 0.306 e. The van der Waals surface area contributed by atoms with E-state index in [1.807, 2.05) is 0 Å². The number of esters is 3. The molecule has 1 unspecified atom stereocenters. The summed E-state index contributed by atoms with van der Waals surface area (Å²) in [5.41, 5.74) is 0. The van der Waals surface area contributed by atoms with Crippen LogP contribution in [-0.2, 0) is 28.6 Å². The first kappa shape index (κ1) is 65.4. The van der Waals surface area contributed by atoms with E-state index >= 15 is 0 Å². The number of hydrogen-bond donors (Lipinski definition) is 0. The van der Waals surface area contributed by atoms with Crippen molar-refractivity contribution in [2.75, 3.05) is 13.2 Å². The van der Waals surface area contributed by atoms with E-state index in [1.54, 1.807) is 0 Å². The maximum absolute atomic E-state index is 12.8. The summed E-state index contributed by atoms with van der Waals surface area (Å²) in [6.07, 6.45) is 58.2. The molecule has 0 N–H and O–H groups in total. The summed E-state index contributed by atoms with van der Waals surface area (Å²) in [6.45, 7) is 11.5. The molecule has 6 heteroatoms. The molecule has 0 heterocycles. The molecule has 0 radical (unpaired) electrons. The average Bonchev–Trinajstić information content (AvgIpc) is 3.31. The third kappa shape index (κ3) is 53.6. The minimum absolute atomic E-state index is 0.0626. The number of carbonyl (C=O) groups is 3. The quantitative estimate of drug-likeness (QED) is 0.0343. The molecule has 0 rings (SSSR count).